The molecule has 110 valence electrons. The van der Waals surface area contributed by atoms with E-state index in [4.69, 9.17) is 0 Å². The average molecular weight is 296 g/mol. The van der Waals surface area contributed by atoms with Crippen LogP contribution in [-0.2, 0) is 21.1 Å². The van der Waals surface area contributed by atoms with E-state index in [1.165, 1.54) is 0 Å². The van der Waals surface area contributed by atoms with Crippen molar-refractivity contribution in [2.75, 3.05) is 18.1 Å². The molecule has 0 aromatic carbocycles. The molecule has 6 heteroatoms. The minimum absolute atomic E-state index is 0.0141. The molecule has 1 aromatic heterocycles. The van der Waals surface area contributed by atoms with Crippen molar-refractivity contribution in [1.29, 1.82) is 0 Å². The SMILES string of the molecule is CCN(C(=O)CCc1ccccn1)C1CCS(=O)(=O)C1. The number of hydrogen-bond donors (Lipinski definition) is 0. The first-order chi connectivity index (χ1) is 9.52. The predicted molar refractivity (Wildman–Crippen MR) is 77.0 cm³/mol. The van der Waals surface area contributed by atoms with Crippen LogP contribution in [0.1, 0.15) is 25.5 Å². The topological polar surface area (TPSA) is 67.3 Å². The first-order valence-electron chi connectivity index (χ1n) is 6.91. The largest absolute Gasteiger partial charge is 0.339 e. The van der Waals surface area contributed by atoms with Gasteiger partial charge in [0.2, 0.25) is 5.91 Å². The number of carbonyl (C=O) groups excluding carboxylic acids is 1. The van der Waals surface area contributed by atoms with E-state index >= 15 is 0 Å². The number of aryl methyl sites for hydroxylation is 1. The van der Waals surface area contributed by atoms with Crippen molar-refractivity contribution in [1.82, 2.24) is 9.88 Å². The van der Waals surface area contributed by atoms with Crippen LogP contribution in [0.15, 0.2) is 24.4 Å². The first kappa shape index (κ1) is 15.0. The third-order valence-electron chi connectivity index (χ3n) is 3.63. The Bertz CT molecular complexity index is 557. The second-order valence-corrected chi connectivity index (χ2v) is 7.29. The summed E-state index contributed by atoms with van der Waals surface area (Å²) in [5.74, 6) is 0.318. The lowest BCUT2D eigenvalue weighted by atomic mass is 10.1. The summed E-state index contributed by atoms with van der Waals surface area (Å²) in [5.41, 5.74) is 0.885. The lowest BCUT2D eigenvalue weighted by Gasteiger charge is -2.26. The Labute approximate surface area is 119 Å². The summed E-state index contributed by atoms with van der Waals surface area (Å²) in [4.78, 5) is 18.1. The van der Waals surface area contributed by atoms with Gasteiger partial charge in [-0.2, -0.15) is 0 Å². The molecule has 2 rings (SSSR count). The Morgan fingerprint density at radius 1 is 1.45 bits per heavy atom. The molecule has 0 bridgehead atoms. The van der Waals surface area contributed by atoms with E-state index in [0.29, 0.717) is 25.8 Å². The Morgan fingerprint density at radius 2 is 2.25 bits per heavy atom. The van der Waals surface area contributed by atoms with Crippen LogP contribution in [0.3, 0.4) is 0 Å². The van der Waals surface area contributed by atoms with Crippen molar-refractivity contribution in [3.63, 3.8) is 0 Å². The molecule has 0 N–H and O–H groups in total. The highest BCUT2D eigenvalue weighted by molar-refractivity contribution is 7.91. The van der Waals surface area contributed by atoms with Crippen LogP contribution in [0.25, 0.3) is 0 Å². The van der Waals surface area contributed by atoms with Gasteiger partial charge in [-0.25, -0.2) is 8.42 Å². The summed E-state index contributed by atoms with van der Waals surface area (Å²) in [7, 11) is -2.96. The van der Waals surface area contributed by atoms with Gasteiger partial charge in [0.05, 0.1) is 11.5 Å². The molecule has 1 aromatic rings. The Balaban J connectivity index is 1.93. The molecule has 1 amide bonds. The van der Waals surface area contributed by atoms with Crippen LogP contribution in [0.2, 0.25) is 0 Å². The van der Waals surface area contributed by atoms with Gasteiger partial charge >= 0.3 is 0 Å². The highest BCUT2D eigenvalue weighted by atomic mass is 32.2. The number of rotatable bonds is 5. The Hall–Kier alpha value is -1.43. The van der Waals surface area contributed by atoms with Gasteiger partial charge in [-0.3, -0.25) is 9.78 Å². The van der Waals surface area contributed by atoms with Crippen LogP contribution in [0.5, 0.6) is 0 Å². The number of amides is 1. The first-order valence-corrected chi connectivity index (χ1v) is 8.74. The van der Waals surface area contributed by atoms with Crippen molar-refractivity contribution in [2.24, 2.45) is 0 Å². The minimum atomic E-state index is -2.96. The third-order valence-corrected chi connectivity index (χ3v) is 5.38. The van der Waals surface area contributed by atoms with Crippen molar-refractivity contribution < 1.29 is 13.2 Å². The molecule has 0 spiro atoms. The highest BCUT2D eigenvalue weighted by Gasteiger charge is 2.33. The van der Waals surface area contributed by atoms with Crippen molar-refractivity contribution in [3.8, 4) is 0 Å². The number of hydrogen-bond acceptors (Lipinski definition) is 4. The molecule has 1 fully saturated rings. The highest BCUT2D eigenvalue weighted by Crippen LogP contribution is 2.18. The summed E-state index contributed by atoms with van der Waals surface area (Å²) in [6.07, 6.45) is 3.24. The number of pyridine rings is 1. The van der Waals surface area contributed by atoms with Gasteiger partial charge in [0.15, 0.2) is 9.84 Å². The van der Waals surface area contributed by atoms with Crippen LogP contribution in [0, 0.1) is 0 Å². The second kappa shape index (κ2) is 6.35. The summed E-state index contributed by atoms with van der Waals surface area (Å²) in [6, 6.07) is 5.48. The Morgan fingerprint density at radius 3 is 2.80 bits per heavy atom. The van der Waals surface area contributed by atoms with E-state index in [1.807, 2.05) is 25.1 Å². The zero-order chi connectivity index (χ0) is 14.6. The average Bonchev–Trinajstić information content (AvgIpc) is 2.78. The molecule has 20 heavy (non-hydrogen) atoms. The Kier molecular flexibility index (Phi) is 4.75. The standard InChI is InChI=1S/C14H20N2O3S/c1-2-16(13-8-10-20(18,19)11-13)14(17)7-6-12-5-3-4-9-15-12/h3-5,9,13H,2,6-8,10-11H2,1H3. The monoisotopic (exact) mass is 296 g/mol. The van der Waals surface area contributed by atoms with Crippen molar-refractivity contribution in [3.05, 3.63) is 30.1 Å². The van der Waals surface area contributed by atoms with Gasteiger partial charge in [0.25, 0.3) is 0 Å². The normalized spacial score (nSPS) is 20.8. The molecule has 2 heterocycles. The molecule has 0 radical (unpaired) electrons. The van der Waals surface area contributed by atoms with Gasteiger partial charge in [0.1, 0.15) is 0 Å². The van der Waals surface area contributed by atoms with Crippen LogP contribution in [-0.4, -0.2) is 48.3 Å². The number of carbonyl (C=O) groups is 1. The van der Waals surface area contributed by atoms with Gasteiger partial charge < -0.3 is 4.90 Å². The number of nitrogens with zero attached hydrogens (tertiary/aromatic N) is 2. The predicted octanol–water partition coefficient (Wildman–Crippen LogP) is 1.05. The zero-order valence-corrected chi connectivity index (χ0v) is 12.5. The molecule has 1 unspecified atom stereocenters. The maximum atomic E-state index is 12.2. The van der Waals surface area contributed by atoms with Gasteiger partial charge in [-0.15, -0.1) is 0 Å². The lowest BCUT2D eigenvalue weighted by molar-refractivity contribution is -0.132. The molecular formula is C14H20N2O3S. The van der Waals surface area contributed by atoms with Gasteiger partial charge in [0, 0.05) is 30.9 Å². The molecule has 1 atom stereocenters. The molecule has 0 saturated carbocycles. The minimum Gasteiger partial charge on any atom is -0.339 e. The van der Waals surface area contributed by atoms with E-state index in [2.05, 4.69) is 4.98 Å². The van der Waals surface area contributed by atoms with Crippen LogP contribution in [0.4, 0.5) is 0 Å². The van der Waals surface area contributed by atoms with E-state index in [0.717, 1.165) is 5.69 Å². The summed E-state index contributed by atoms with van der Waals surface area (Å²) in [6.45, 7) is 2.45. The fraction of sp³-hybridized carbons (Fsp3) is 0.571. The molecular weight excluding hydrogens is 276 g/mol. The third kappa shape index (κ3) is 3.79. The summed E-state index contributed by atoms with van der Waals surface area (Å²) < 4.78 is 23.0. The maximum absolute atomic E-state index is 12.2. The van der Waals surface area contributed by atoms with E-state index in [-0.39, 0.29) is 23.5 Å². The van der Waals surface area contributed by atoms with E-state index < -0.39 is 9.84 Å². The summed E-state index contributed by atoms with van der Waals surface area (Å²) >= 11 is 0. The maximum Gasteiger partial charge on any atom is 0.223 e. The number of sulfone groups is 1. The zero-order valence-electron chi connectivity index (χ0n) is 11.7. The van der Waals surface area contributed by atoms with E-state index in [9.17, 15) is 13.2 Å². The van der Waals surface area contributed by atoms with Crippen LogP contribution < -0.4 is 0 Å². The summed E-state index contributed by atoms with van der Waals surface area (Å²) in [5, 5.41) is 0. The number of aromatic nitrogens is 1. The molecule has 0 aliphatic carbocycles. The van der Waals surface area contributed by atoms with Crippen molar-refractivity contribution in [2.45, 2.75) is 32.2 Å². The molecule has 1 aliphatic heterocycles. The van der Waals surface area contributed by atoms with E-state index in [1.54, 1.807) is 11.1 Å². The van der Waals surface area contributed by atoms with Gasteiger partial charge in [-0.05, 0) is 31.9 Å². The smallest absolute Gasteiger partial charge is 0.223 e. The fourth-order valence-electron chi connectivity index (χ4n) is 2.58. The van der Waals surface area contributed by atoms with Gasteiger partial charge in [-0.1, -0.05) is 6.07 Å². The lowest BCUT2D eigenvalue weighted by Crippen LogP contribution is -2.41. The van der Waals surface area contributed by atoms with Crippen LogP contribution >= 0.6 is 0 Å². The quantitative estimate of drug-likeness (QED) is 0.814. The fourth-order valence-corrected chi connectivity index (χ4v) is 4.31. The molecule has 1 saturated heterocycles. The molecule has 5 nitrogen and oxygen atoms in total. The second-order valence-electron chi connectivity index (χ2n) is 5.06. The molecule has 1 aliphatic rings. The van der Waals surface area contributed by atoms with Crippen molar-refractivity contribution >= 4 is 15.7 Å².